The van der Waals surface area contributed by atoms with Gasteiger partial charge in [0, 0.05) is 29.7 Å². The van der Waals surface area contributed by atoms with E-state index in [1.54, 1.807) is 0 Å². The average molecular weight is 574 g/mol. The van der Waals surface area contributed by atoms with Crippen LogP contribution in [0.1, 0.15) is 27.4 Å². The van der Waals surface area contributed by atoms with Crippen LogP contribution in [0.5, 0.6) is 0 Å². The first kappa shape index (κ1) is 26.3. The Balaban J connectivity index is 1.51. The summed E-state index contributed by atoms with van der Waals surface area (Å²) in [6.07, 6.45) is -0.363. The summed E-state index contributed by atoms with van der Waals surface area (Å²) in [5.41, 5.74) is 0.316. The van der Waals surface area contributed by atoms with Gasteiger partial charge in [0.1, 0.15) is 16.0 Å². The van der Waals surface area contributed by atoms with E-state index in [1.807, 2.05) is 0 Å². The Bertz CT molecular complexity index is 1420. The number of carbonyl (C=O) groups excluding carboxylic acids is 2. The number of non-ortho nitro benzene ring substituents is 1. The van der Waals surface area contributed by atoms with E-state index in [-0.39, 0.29) is 33.3 Å². The van der Waals surface area contributed by atoms with Crippen molar-refractivity contribution in [1.82, 2.24) is 0 Å². The van der Waals surface area contributed by atoms with Gasteiger partial charge in [0.05, 0.1) is 27.0 Å². The van der Waals surface area contributed by atoms with E-state index in [0.29, 0.717) is 5.56 Å². The van der Waals surface area contributed by atoms with Crippen LogP contribution in [0, 0.1) is 27.7 Å². The number of rotatable bonds is 7. The van der Waals surface area contributed by atoms with Crippen LogP contribution < -0.4 is 5.32 Å². The fraction of sp³-hybridized carbons (Fsp3) is 0.167. The summed E-state index contributed by atoms with van der Waals surface area (Å²) in [5.74, 6) is -4.10. The SMILES string of the molecule is O=C(Cc1cc(F)cc([N+](=O)[O-])c1)c1cc(NC(=O)[C@H]2[C@H](c3ccc(F)c(Cl)c3)C2(Cl)Cl)ccc1Cl. The third-order valence-corrected chi connectivity index (χ3v) is 7.25. The van der Waals surface area contributed by atoms with E-state index < -0.39 is 50.1 Å². The van der Waals surface area contributed by atoms with Gasteiger partial charge >= 0.3 is 0 Å². The van der Waals surface area contributed by atoms with Crippen molar-refractivity contribution in [2.45, 2.75) is 16.7 Å². The fourth-order valence-electron chi connectivity index (χ4n) is 3.93. The van der Waals surface area contributed by atoms with Crippen LogP contribution in [0.25, 0.3) is 0 Å². The summed E-state index contributed by atoms with van der Waals surface area (Å²) in [5, 5.41) is 13.5. The quantitative estimate of drug-likeness (QED) is 0.141. The molecule has 1 fully saturated rings. The highest BCUT2D eigenvalue weighted by atomic mass is 35.5. The molecule has 6 nitrogen and oxygen atoms in total. The highest BCUT2D eigenvalue weighted by molar-refractivity contribution is 6.53. The predicted molar refractivity (Wildman–Crippen MR) is 133 cm³/mol. The molecule has 0 spiro atoms. The molecule has 36 heavy (non-hydrogen) atoms. The minimum Gasteiger partial charge on any atom is -0.326 e. The number of alkyl halides is 2. The van der Waals surface area contributed by atoms with Gasteiger partial charge < -0.3 is 5.32 Å². The molecule has 186 valence electrons. The minimum atomic E-state index is -1.46. The normalized spacial score (nSPS) is 17.9. The molecule has 4 rings (SSSR count). The Labute approximate surface area is 223 Å². The second-order valence-electron chi connectivity index (χ2n) is 8.16. The summed E-state index contributed by atoms with van der Waals surface area (Å²) in [4.78, 5) is 35.9. The molecule has 0 unspecified atom stereocenters. The smallest absolute Gasteiger partial charge is 0.272 e. The number of nitrogens with zero attached hydrogens (tertiary/aromatic N) is 1. The lowest BCUT2D eigenvalue weighted by molar-refractivity contribution is -0.385. The first-order valence-electron chi connectivity index (χ1n) is 10.3. The van der Waals surface area contributed by atoms with Crippen LogP contribution in [0.3, 0.4) is 0 Å². The van der Waals surface area contributed by atoms with Crippen molar-refractivity contribution in [3.05, 3.63) is 103 Å². The molecule has 12 heteroatoms. The van der Waals surface area contributed by atoms with Gasteiger partial charge in [-0.15, -0.1) is 23.2 Å². The maximum Gasteiger partial charge on any atom is 0.272 e. The van der Waals surface area contributed by atoms with E-state index >= 15 is 0 Å². The number of nitrogens with one attached hydrogen (secondary N) is 1. The van der Waals surface area contributed by atoms with Crippen LogP contribution >= 0.6 is 46.4 Å². The third-order valence-electron chi connectivity index (χ3n) is 5.69. The number of Topliss-reactive ketones (excluding diaryl/α,β-unsaturated/α-hetero) is 1. The molecule has 1 aliphatic rings. The van der Waals surface area contributed by atoms with Gasteiger partial charge in [-0.2, -0.15) is 0 Å². The van der Waals surface area contributed by atoms with Gasteiger partial charge in [0.15, 0.2) is 5.78 Å². The molecule has 0 saturated heterocycles. The van der Waals surface area contributed by atoms with Crippen molar-refractivity contribution in [2.24, 2.45) is 5.92 Å². The van der Waals surface area contributed by atoms with E-state index in [1.165, 1.54) is 30.3 Å². The molecule has 0 radical (unpaired) electrons. The highest BCUT2D eigenvalue weighted by Gasteiger charge is 2.67. The number of nitro groups is 1. The molecule has 0 aliphatic heterocycles. The lowest BCUT2D eigenvalue weighted by Gasteiger charge is -2.09. The number of benzene rings is 3. The molecule has 0 bridgehead atoms. The molecule has 3 aromatic rings. The highest BCUT2D eigenvalue weighted by Crippen LogP contribution is 2.65. The Hall–Kier alpha value is -2.78. The van der Waals surface area contributed by atoms with Gasteiger partial charge in [0.2, 0.25) is 5.91 Å². The molecule has 2 atom stereocenters. The maximum atomic E-state index is 13.7. The molecule has 1 aliphatic carbocycles. The van der Waals surface area contributed by atoms with Crippen molar-refractivity contribution >= 4 is 69.5 Å². The van der Waals surface area contributed by atoms with Crippen LogP contribution in [0.15, 0.2) is 54.6 Å². The minimum absolute atomic E-state index is 0.0158. The standard InChI is InChI=1S/C24H14Cl4F2N2O4/c25-17-3-2-14(10-16(17)20(33)7-11-5-13(29)9-15(6-11)32(35)36)31-23(34)22-21(24(22,27)28)12-1-4-19(30)18(26)8-12/h1-6,8-10,21-22H,7H2,(H,31,34)/t21-,22+/m0/s1. The number of halogens is 6. The van der Waals surface area contributed by atoms with Crippen LogP contribution in [0.4, 0.5) is 20.2 Å². The second kappa shape index (κ2) is 9.94. The van der Waals surface area contributed by atoms with Crippen LogP contribution in [0.2, 0.25) is 10.0 Å². The summed E-state index contributed by atoms with van der Waals surface area (Å²) >= 11 is 24.6. The van der Waals surface area contributed by atoms with Crippen molar-refractivity contribution in [1.29, 1.82) is 0 Å². The molecule has 0 heterocycles. The number of carbonyl (C=O) groups is 2. The number of anilines is 1. The fourth-order valence-corrected chi connectivity index (χ4v) is 5.17. The number of ketones is 1. The number of amides is 1. The molecule has 1 saturated carbocycles. The van der Waals surface area contributed by atoms with E-state index in [9.17, 15) is 28.5 Å². The monoisotopic (exact) mass is 572 g/mol. The van der Waals surface area contributed by atoms with Crippen LogP contribution in [-0.4, -0.2) is 20.9 Å². The third kappa shape index (κ3) is 5.32. The molecule has 1 N–H and O–H groups in total. The lowest BCUT2D eigenvalue weighted by atomic mass is 10.0. The van der Waals surface area contributed by atoms with Gasteiger partial charge in [-0.3, -0.25) is 19.7 Å². The van der Waals surface area contributed by atoms with Crippen molar-refractivity contribution in [2.75, 3.05) is 5.32 Å². The van der Waals surface area contributed by atoms with Gasteiger partial charge in [0.25, 0.3) is 5.69 Å². The number of hydrogen-bond donors (Lipinski definition) is 1. The molecule has 1 amide bonds. The molecule has 3 aromatic carbocycles. The first-order valence-corrected chi connectivity index (χ1v) is 11.8. The Morgan fingerprint density at radius 2 is 1.72 bits per heavy atom. The van der Waals surface area contributed by atoms with Gasteiger partial charge in [-0.1, -0.05) is 29.3 Å². The largest absolute Gasteiger partial charge is 0.326 e. The summed E-state index contributed by atoms with van der Waals surface area (Å²) in [7, 11) is 0. The van der Waals surface area contributed by atoms with Crippen molar-refractivity contribution in [3.8, 4) is 0 Å². The molecular formula is C24H14Cl4F2N2O4. The zero-order valence-electron chi connectivity index (χ0n) is 17.9. The van der Waals surface area contributed by atoms with E-state index in [4.69, 9.17) is 46.4 Å². The summed E-state index contributed by atoms with van der Waals surface area (Å²) in [6, 6.07) is 11.0. The summed E-state index contributed by atoms with van der Waals surface area (Å²) < 4.78 is 25.8. The maximum absolute atomic E-state index is 13.7. The summed E-state index contributed by atoms with van der Waals surface area (Å²) in [6.45, 7) is 0. The van der Waals surface area contributed by atoms with Crippen molar-refractivity contribution in [3.63, 3.8) is 0 Å². The topological polar surface area (TPSA) is 89.3 Å². The predicted octanol–water partition coefficient (Wildman–Crippen LogP) is 7.13. The van der Waals surface area contributed by atoms with Crippen LogP contribution in [-0.2, 0) is 11.2 Å². The Morgan fingerprint density at radius 3 is 2.39 bits per heavy atom. The Kier molecular flexibility index (Phi) is 7.26. The van der Waals surface area contributed by atoms with Gasteiger partial charge in [-0.05, 0) is 47.5 Å². The Morgan fingerprint density at radius 1 is 1.00 bits per heavy atom. The molecular weight excluding hydrogens is 560 g/mol. The zero-order chi connectivity index (χ0) is 26.4. The zero-order valence-corrected chi connectivity index (χ0v) is 20.9. The first-order chi connectivity index (χ1) is 16.9. The number of hydrogen-bond acceptors (Lipinski definition) is 4. The van der Waals surface area contributed by atoms with E-state index in [2.05, 4.69) is 5.32 Å². The van der Waals surface area contributed by atoms with E-state index in [0.717, 1.165) is 24.3 Å². The average Bonchev–Trinajstić information content (AvgIpc) is 3.38. The lowest BCUT2D eigenvalue weighted by Crippen LogP contribution is -2.17. The molecule has 0 aromatic heterocycles. The van der Waals surface area contributed by atoms with Gasteiger partial charge in [-0.25, -0.2) is 8.78 Å². The number of nitro benzene ring substituents is 1. The van der Waals surface area contributed by atoms with Crippen molar-refractivity contribution < 1.29 is 23.3 Å². The second-order valence-corrected chi connectivity index (χ2v) is 10.4.